The van der Waals surface area contributed by atoms with E-state index < -0.39 is 28.0 Å². The van der Waals surface area contributed by atoms with Crippen LogP contribution in [0.1, 0.15) is 0 Å². The van der Waals surface area contributed by atoms with E-state index in [2.05, 4.69) is 17.3 Å². The molecule has 0 aliphatic heterocycles. The van der Waals surface area contributed by atoms with Gasteiger partial charge in [-0.3, -0.25) is 9.35 Å². The highest BCUT2D eigenvalue weighted by Crippen LogP contribution is 2.06. The van der Waals surface area contributed by atoms with E-state index in [-0.39, 0.29) is 0 Å². The maximum atomic E-state index is 11.0. The first kappa shape index (κ1) is 14.3. The zero-order chi connectivity index (χ0) is 13.0. The average molecular weight is 251 g/mol. The van der Waals surface area contributed by atoms with E-state index >= 15 is 0 Å². The zero-order valence-electron chi connectivity index (χ0n) is 7.91. The quantitative estimate of drug-likeness (QED) is 0.235. The SMILES string of the molecule is C=CC(=O)NC(O)(C=C)C(=O)OS(=O)(=O)O. The summed E-state index contributed by atoms with van der Waals surface area (Å²) >= 11 is 0. The fourth-order valence-electron chi connectivity index (χ4n) is 0.583. The number of aliphatic hydroxyl groups is 1. The Morgan fingerprint density at radius 2 is 1.88 bits per heavy atom. The van der Waals surface area contributed by atoms with Crippen LogP contribution in [-0.2, 0) is 24.2 Å². The van der Waals surface area contributed by atoms with Crippen molar-refractivity contribution in [3.05, 3.63) is 25.3 Å². The summed E-state index contributed by atoms with van der Waals surface area (Å²) in [5.41, 5.74) is -2.78. The van der Waals surface area contributed by atoms with Crippen LogP contribution < -0.4 is 5.32 Å². The number of carbonyl (C=O) groups excluding carboxylic acids is 2. The number of amides is 1. The Hall–Kier alpha value is -1.71. The smallest absolute Gasteiger partial charge is 0.359 e. The van der Waals surface area contributed by atoms with E-state index in [4.69, 9.17) is 4.55 Å². The number of hydrogen-bond donors (Lipinski definition) is 3. The second-order valence-corrected chi connectivity index (χ2v) is 3.48. The Labute approximate surface area is 91.2 Å². The van der Waals surface area contributed by atoms with Crippen LogP contribution in [0.5, 0.6) is 0 Å². The van der Waals surface area contributed by atoms with Gasteiger partial charge in [-0.1, -0.05) is 13.2 Å². The van der Waals surface area contributed by atoms with Crippen LogP contribution in [0.2, 0.25) is 0 Å². The molecule has 0 rings (SSSR count). The lowest BCUT2D eigenvalue weighted by Gasteiger charge is -2.21. The van der Waals surface area contributed by atoms with Crippen molar-refractivity contribution in [2.24, 2.45) is 0 Å². The third-order valence-corrected chi connectivity index (χ3v) is 1.65. The molecule has 1 unspecified atom stereocenters. The molecule has 9 heteroatoms. The van der Waals surface area contributed by atoms with Crippen molar-refractivity contribution in [2.45, 2.75) is 5.72 Å². The third-order valence-electron chi connectivity index (χ3n) is 1.29. The highest BCUT2D eigenvalue weighted by atomic mass is 32.3. The molecule has 1 atom stereocenters. The molecule has 0 aromatic carbocycles. The van der Waals surface area contributed by atoms with Crippen molar-refractivity contribution in [2.75, 3.05) is 0 Å². The van der Waals surface area contributed by atoms with Crippen LogP contribution in [0, 0.1) is 0 Å². The van der Waals surface area contributed by atoms with E-state index in [1.165, 1.54) is 0 Å². The maximum absolute atomic E-state index is 11.0. The molecule has 0 aliphatic carbocycles. The van der Waals surface area contributed by atoms with E-state index in [0.29, 0.717) is 6.08 Å². The largest absolute Gasteiger partial charge is 0.449 e. The van der Waals surface area contributed by atoms with Crippen molar-refractivity contribution >= 4 is 22.3 Å². The van der Waals surface area contributed by atoms with Crippen molar-refractivity contribution in [3.63, 3.8) is 0 Å². The summed E-state index contributed by atoms with van der Waals surface area (Å²) in [5, 5.41) is 11.1. The summed E-state index contributed by atoms with van der Waals surface area (Å²) in [5.74, 6) is -2.81. The molecule has 0 saturated carbocycles. The molecular weight excluding hydrogens is 242 g/mol. The van der Waals surface area contributed by atoms with Gasteiger partial charge in [-0.25, -0.2) is 4.79 Å². The first-order valence-electron chi connectivity index (χ1n) is 3.66. The predicted molar refractivity (Wildman–Crippen MR) is 51.1 cm³/mol. The minimum absolute atomic E-state index is 0.516. The van der Waals surface area contributed by atoms with Gasteiger partial charge >= 0.3 is 16.4 Å². The van der Waals surface area contributed by atoms with Gasteiger partial charge < -0.3 is 14.6 Å². The second-order valence-electron chi connectivity index (χ2n) is 2.46. The Morgan fingerprint density at radius 3 is 2.19 bits per heavy atom. The van der Waals surface area contributed by atoms with Gasteiger partial charge in [-0.2, -0.15) is 8.42 Å². The molecule has 0 bridgehead atoms. The normalized spacial score (nSPS) is 14.4. The van der Waals surface area contributed by atoms with Gasteiger partial charge in [-0.05, 0) is 12.2 Å². The number of hydrogen-bond acceptors (Lipinski definition) is 6. The topological polar surface area (TPSA) is 130 Å². The molecule has 0 radical (unpaired) electrons. The maximum Gasteiger partial charge on any atom is 0.449 e. The summed E-state index contributed by atoms with van der Waals surface area (Å²) in [4.78, 5) is 21.8. The monoisotopic (exact) mass is 251 g/mol. The predicted octanol–water partition coefficient (Wildman–Crippen LogP) is -1.49. The third kappa shape index (κ3) is 4.21. The molecule has 0 saturated heterocycles. The number of rotatable bonds is 5. The van der Waals surface area contributed by atoms with E-state index in [9.17, 15) is 23.1 Å². The van der Waals surface area contributed by atoms with Crippen molar-refractivity contribution in [1.29, 1.82) is 0 Å². The minimum Gasteiger partial charge on any atom is -0.359 e. The zero-order valence-corrected chi connectivity index (χ0v) is 8.73. The average Bonchev–Trinajstić information content (AvgIpc) is 2.14. The molecule has 0 aromatic heterocycles. The van der Waals surface area contributed by atoms with Gasteiger partial charge in [0, 0.05) is 0 Å². The van der Waals surface area contributed by atoms with Crippen molar-refractivity contribution < 1.29 is 31.8 Å². The highest BCUT2D eigenvalue weighted by Gasteiger charge is 2.38. The van der Waals surface area contributed by atoms with Crippen LogP contribution in [0.3, 0.4) is 0 Å². The molecule has 16 heavy (non-hydrogen) atoms. The summed E-state index contributed by atoms with van der Waals surface area (Å²) in [7, 11) is -5.09. The summed E-state index contributed by atoms with van der Waals surface area (Å²) in [6.07, 6.45) is 1.23. The van der Waals surface area contributed by atoms with Crippen LogP contribution >= 0.6 is 0 Å². The lowest BCUT2D eigenvalue weighted by Crippen LogP contribution is -2.53. The molecule has 0 spiro atoms. The second kappa shape index (κ2) is 4.88. The van der Waals surface area contributed by atoms with E-state index in [1.54, 1.807) is 5.32 Å². The molecule has 0 aliphatic rings. The molecular formula is C7H9NO7S. The van der Waals surface area contributed by atoms with Crippen LogP contribution in [-0.4, -0.2) is 35.7 Å². The first-order valence-corrected chi connectivity index (χ1v) is 5.03. The summed E-state index contributed by atoms with van der Waals surface area (Å²) in [6.45, 7) is 6.03. The van der Waals surface area contributed by atoms with Gasteiger partial charge in [0.25, 0.3) is 5.72 Å². The van der Waals surface area contributed by atoms with Crippen LogP contribution in [0.4, 0.5) is 0 Å². The van der Waals surface area contributed by atoms with Crippen LogP contribution in [0.25, 0.3) is 0 Å². The molecule has 0 aromatic rings. The van der Waals surface area contributed by atoms with E-state index in [0.717, 1.165) is 6.08 Å². The number of nitrogens with one attached hydrogen (secondary N) is 1. The lowest BCUT2D eigenvalue weighted by molar-refractivity contribution is -0.155. The van der Waals surface area contributed by atoms with Gasteiger partial charge in [0.15, 0.2) is 0 Å². The minimum atomic E-state index is -5.09. The fourth-order valence-corrected chi connectivity index (χ4v) is 0.902. The molecule has 0 fully saturated rings. The molecule has 90 valence electrons. The molecule has 3 N–H and O–H groups in total. The van der Waals surface area contributed by atoms with Crippen LogP contribution in [0.15, 0.2) is 25.3 Å². The Morgan fingerprint density at radius 1 is 1.38 bits per heavy atom. The molecule has 1 amide bonds. The first-order chi connectivity index (χ1) is 7.14. The fraction of sp³-hybridized carbons (Fsp3) is 0.143. The standard InChI is InChI=1S/C7H9NO7S/c1-3-5(9)8-7(11,4-2)6(10)15-16(12,13)14/h3-4,11H,1-2H2,(H,8,9)(H,12,13,14). The Kier molecular flexibility index (Phi) is 4.35. The van der Waals surface area contributed by atoms with Gasteiger partial charge in [0.2, 0.25) is 5.91 Å². The summed E-state index contributed by atoms with van der Waals surface area (Å²) < 4.78 is 32.0. The van der Waals surface area contributed by atoms with Crippen molar-refractivity contribution in [1.82, 2.24) is 5.32 Å². The summed E-state index contributed by atoms with van der Waals surface area (Å²) in [6, 6.07) is 0. The van der Waals surface area contributed by atoms with Gasteiger partial charge in [0.1, 0.15) is 0 Å². The number of carbonyl (C=O) groups is 2. The van der Waals surface area contributed by atoms with Gasteiger partial charge in [-0.15, -0.1) is 0 Å². The molecule has 0 heterocycles. The molecule has 8 nitrogen and oxygen atoms in total. The highest BCUT2D eigenvalue weighted by molar-refractivity contribution is 7.81. The Balaban J connectivity index is 4.96. The van der Waals surface area contributed by atoms with Crippen molar-refractivity contribution in [3.8, 4) is 0 Å². The van der Waals surface area contributed by atoms with E-state index in [1.807, 2.05) is 0 Å². The lowest BCUT2D eigenvalue weighted by atomic mass is 10.2. The van der Waals surface area contributed by atoms with Gasteiger partial charge in [0.05, 0.1) is 0 Å². The Bertz CT molecular complexity index is 426.